The molecule has 36 heavy (non-hydrogen) atoms. The van der Waals surface area contributed by atoms with Crippen LogP contribution in [0, 0.1) is 18.0 Å². The van der Waals surface area contributed by atoms with Gasteiger partial charge in [-0.3, -0.25) is 0 Å². The smallest absolute Gasteiger partial charge is 0.228 e. The lowest BCUT2D eigenvalue weighted by Gasteiger charge is -2.46. The molecule has 24 heteroatoms. The van der Waals surface area contributed by atoms with Crippen molar-refractivity contribution in [3.63, 3.8) is 0 Å². The van der Waals surface area contributed by atoms with Gasteiger partial charge in [-0.1, -0.05) is 0 Å². The summed E-state index contributed by atoms with van der Waals surface area (Å²) in [5.74, 6) is -69.8. The molecule has 0 amide bonds. The molecule has 1 heterocycles. The lowest BCUT2D eigenvalue weighted by atomic mass is 9.86. The maximum Gasteiger partial charge on any atom is 0.460 e. The Labute approximate surface area is 179 Å². The SMILES string of the molecule is Fc1nc(F)n(C(F)(C(F)(F)C(F)(F)F)C(F)(F)C(F)(F)C(F)(F)C(F)(F)C(F)(F)C(F)(F)F)c1F. The van der Waals surface area contributed by atoms with Crippen LogP contribution in [0.5, 0.6) is 0 Å². The molecule has 1 atom stereocenters. The Kier molecular flexibility index (Phi) is 6.90. The number of halogens is 22. The topological polar surface area (TPSA) is 17.8 Å². The van der Waals surface area contributed by atoms with Gasteiger partial charge in [0, 0.05) is 0 Å². The van der Waals surface area contributed by atoms with Gasteiger partial charge in [-0.15, -0.1) is 0 Å². The largest absolute Gasteiger partial charge is 0.460 e. The van der Waals surface area contributed by atoms with Crippen LogP contribution in [0.1, 0.15) is 0 Å². The molecular weight excluding hydrogens is 590 g/mol. The van der Waals surface area contributed by atoms with Crippen molar-refractivity contribution in [2.45, 2.75) is 53.7 Å². The summed E-state index contributed by atoms with van der Waals surface area (Å²) in [6.07, 6.45) is -20.3. The highest BCUT2D eigenvalue weighted by atomic mass is 19.4. The summed E-state index contributed by atoms with van der Waals surface area (Å²) in [7, 11) is 0. The first-order valence-electron chi connectivity index (χ1n) is 7.53. The van der Waals surface area contributed by atoms with E-state index in [1.54, 1.807) is 0 Å². The summed E-state index contributed by atoms with van der Waals surface area (Å²) >= 11 is 0. The molecule has 2 nitrogen and oxygen atoms in total. The van der Waals surface area contributed by atoms with E-state index < -0.39 is 76.2 Å². The van der Waals surface area contributed by atoms with Crippen molar-refractivity contribution < 1.29 is 96.6 Å². The van der Waals surface area contributed by atoms with Gasteiger partial charge in [0.05, 0.1) is 0 Å². The summed E-state index contributed by atoms with van der Waals surface area (Å²) < 4.78 is 286. The van der Waals surface area contributed by atoms with Crippen molar-refractivity contribution in [2.24, 2.45) is 0 Å². The normalized spacial score (nSPS) is 17.4. The summed E-state index contributed by atoms with van der Waals surface area (Å²) in [6.45, 7) is 0. The first kappa shape index (κ1) is 31.7. The fraction of sp³-hybridized carbons (Fsp3) is 0.750. The van der Waals surface area contributed by atoms with E-state index >= 15 is 0 Å². The molecule has 0 saturated carbocycles. The van der Waals surface area contributed by atoms with Gasteiger partial charge in [0.2, 0.25) is 0 Å². The molecule has 0 saturated heterocycles. The summed E-state index contributed by atoms with van der Waals surface area (Å²) in [4.78, 5) is 1.18. The highest BCUT2D eigenvalue weighted by molar-refractivity contribution is 5.18. The molecule has 1 aromatic heterocycles. The molecule has 0 radical (unpaired) electrons. The van der Waals surface area contributed by atoms with Crippen LogP contribution in [-0.2, 0) is 5.79 Å². The van der Waals surface area contributed by atoms with Gasteiger partial charge in [-0.05, 0) is 0 Å². The second-order valence-corrected chi connectivity index (χ2v) is 6.36. The Hall–Kier alpha value is -2.33. The number of nitrogens with zero attached hydrogens (tertiary/aromatic N) is 2. The second kappa shape index (κ2) is 7.84. The zero-order chi connectivity index (χ0) is 29.5. The molecule has 0 aromatic carbocycles. The van der Waals surface area contributed by atoms with Crippen LogP contribution in [0.2, 0.25) is 0 Å². The molecule has 1 rings (SSSR count). The van der Waals surface area contributed by atoms with Gasteiger partial charge in [0.25, 0.3) is 18.0 Å². The highest BCUT2D eigenvalue weighted by Crippen LogP contribution is 2.66. The van der Waals surface area contributed by atoms with E-state index in [9.17, 15) is 96.6 Å². The van der Waals surface area contributed by atoms with E-state index in [4.69, 9.17) is 0 Å². The van der Waals surface area contributed by atoms with Crippen LogP contribution in [0.25, 0.3) is 0 Å². The van der Waals surface area contributed by atoms with Crippen LogP contribution in [0.3, 0.4) is 0 Å². The summed E-state index contributed by atoms with van der Waals surface area (Å²) in [5, 5.41) is 0. The summed E-state index contributed by atoms with van der Waals surface area (Å²) in [5.41, 5.74) is 0. The zero-order valence-electron chi connectivity index (χ0n) is 15.2. The Bertz CT molecular complexity index is 980. The third kappa shape index (κ3) is 3.55. The quantitative estimate of drug-likeness (QED) is 0.318. The van der Waals surface area contributed by atoms with Crippen LogP contribution < -0.4 is 0 Å². The van der Waals surface area contributed by atoms with Gasteiger partial charge in [-0.25, -0.2) is 8.96 Å². The molecule has 0 spiro atoms. The van der Waals surface area contributed by atoms with Gasteiger partial charge in [0.15, 0.2) is 0 Å². The molecule has 0 aliphatic carbocycles. The predicted octanol–water partition coefficient (Wildman–Crippen LogP) is 6.86. The monoisotopic (exact) mass is 590 g/mol. The van der Waals surface area contributed by atoms with Gasteiger partial charge in [-0.2, -0.15) is 97.2 Å². The van der Waals surface area contributed by atoms with E-state index in [-0.39, 0.29) is 0 Å². The number of rotatable bonds is 7. The predicted molar refractivity (Wildman–Crippen MR) is 63.0 cm³/mol. The molecule has 1 unspecified atom stereocenters. The number of aromatic nitrogens is 2. The third-order valence-electron chi connectivity index (χ3n) is 4.17. The van der Waals surface area contributed by atoms with E-state index in [1.165, 1.54) is 4.98 Å². The van der Waals surface area contributed by atoms with E-state index in [1.807, 2.05) is 0 Å². The van der Waals surface area contributed by atoms with E-state index in [2.05, 4.69) is 0 Å². The lowest BCUT2D eigenvalue weighted by molar-refractivity contribution is -0.472. The molecule has 1 aromatic rings. The average molecular weight is 590 g/mol. The Morgan fingerprint density at radius 2 is 0.722 bits per heavy atom. The van der Waals surface area contributed by atoms with E-state index in [0.717, 1.165) is 0 Å². The van der Waals surface area contributed by atoms with Crippen molar-refractivity contribution in [3.8, 4) is 0 Å². The maximum atomic E-state index is 14.6. The van der Waals surface area contributed by atoms with Gasteiger partial charge < -0.3 is 0 Å². The number of hydrogen-bond acceptors (Lipinski definition) is 1. The third-order valence-corrected chi connectivity index (χ3v) is 4.17. The van der Waals surface area contributed by atoms with Crippen molar-refractivity contribution in [3.05, 3.63) is 18.0 Å². The molecule has 0 fully saturated rings. The molecule has 212 valence electrons. The minimum atomic E-state index is -9.25. The Morgan fingerprint density at radius 3 is 1.00 bits per heavy atom. The van der Waals surface area contributed by atoms with Crippen molar-refractivity contribution in [2.75, 3.05) is 0 Å². The van der Waals surface area contributed by atoms with Crippen LogP contribution in [-0.4, -0.2) is 57.4 Å². The van der Waals surface area contributed by atoms with Crippen LogP contribution in [0.15, 0.2) is 0 Å². The van der Waals surface area contributed by atoms with Gasteiger partial charge >= 0.3 is 53.7 Å². The fourth-order valence-electron chi connectivity index (χ4n) is 2.26. The first-order valence-corrected chi connectivity index (χ1v) is 7.53. The minimum Gasteiger partial charge on any atom is -0.228 e. The molecule has 0 aliphatic heterocycles. The maximum absolute atomic E-state index is 14.6. The van der Waals surface area contributed by atoms with Crippen molar-refractivity contribution in [1.82, 2.24) is 9.55 Å². The van der Waals surface area contributed by atoms with Crippen molar-refractivity contribution >= 4 is 0 Å². The molecule has 0 bridgehead atoms. The fourth-order valence-corrected chi connectivity index (χ4v) is 2.26. The molecule has 0 N–H and O–H groups in total. The van der Waals surface area contributed by atoms with Gasteiger partial charge in [0.1, 0.15) is 0 Å². The lowest BCUT2D eigenvalue weighted by Crippen LogP contribution is -2.77. The second-order valence-electron chi connectivity index (χ2n) is 6.36. The number of alkyl halides is 19. The van der Waals surface area contributed by atoms with Crippen LogP contribution in [0.4, 0.5) is 96.6 Å². The summed E-state index contributed by atoms with van der Waals surface area (Å²) in [6, 6.07) is 0. The Morgan fingerprint density at radius 1 is 0.417 bits per heavy atom. The molecule has 0 aliphatic rings. The first-order chi connectivity index (χ1) is 15.3. The minimum absolute atomic E-state index is 1.18. The highest BCUT2D eigenvalue weighted by Gasteiger charge is 2.97. The Balaban J connectivity index is 4.21. The zero-order valence-corrected chi connectivity index (χ0v) is 15.2. The average Bonchev–Trinajstić information content (AvgIpc) is 2.90. The number of hydrogen-bond donors (Lipinski definition) is 0. The van der Waals surface area contributed by atoms with Crippen molar-refractivity contribution in [1.29, 1.82) is 0 Å². The standard InChI is InChI=1S/C12F22N2/c13-1-2(14)36(3(15)35-1)10(28,9(26,27)12(32,33)34)7(22,23)5(18,19)4(16,17)6(20,21)8(24,25)11(29,30)31. The number of imidazole rings is 1. The molecular formula is C12F22N2. The van der Waals surface area contributed by atoms with Crippen LogP contribution >= 0.6 is 0 Å². The van der Waals surface area contributed by atoms with E-state index in [0.29, 0.717) is 0 Å².